The lowest BCUT2D eigenvalue weighted by Gasteiger charge is -2.35. The van der Waals surface area contributed by atoms with E-state index in [1.54, 1.807) is 0 Å². The molecule has 1 fully saturated rings. The van der Waals surface area contributed by atoms with Gasteiger partial charge in [-0.2, -0.15) is 0 Å². The van der Waals surface area contributed by atoms with E-state index in [0.717, 1.165) is 18.5 Å². The van der Waals surface area contributed by atoms with Crippen molar-refractivity contribution in [1.29, 1.82) is 0 Å². The van der Waals surface area contributed by atoms with Gasteiger partial charge in [0.2, 0.25) is 0 Å². The molecule has 0 radical (unpaired) electrons. The maximum atomic E-state index is 11.1. The van der Waals surface area contributed by atoms with E-state index in [1.807, 2.05) is 0 Å². The van der Waals surface area contributed by atoms with Crippen LogP contribution in [0.15, 0.2) is 12.2 Å². The number of piperidine rings is 1. The van der Waals surface area contributed by atoms with Crippen molar-refractivity contribution in [1.82, 2.24) is 4.90 Å². The standard InChI is InChI=1S/C13H23NO2/c1-4-14-8-6-5-7-12(14)9-11(2)10-13(15)16-3/h12H,2,4-10H2,1,3H3. The van der Waals surface area contributed by atoms with Crippen LogP contribution in [0.2, 0.25) is 0 Å². The number of hydrogen-bond donors (Lipinski definition) is 0. The quantitative estimate of drug-likeness (QED) is 0.531. The molecule has 1 unspecified atom stereocenters. The van der Waals surface area contributed by atoms with E-state index in [-0.39, 0.29) is 5.97 Å². The van der Waals surface area contributed by atoms with Gasteiger partial charge in [-0.1, -0.05) is 25.5 Å². The number of rotatable bonds is 5. The largest absolute Gasteiger partial charge is 0.469 e. The molecule has 16 heavy (non-hydrogen) atoms. The Hall–Kier alpha value is -0.830. The zero-order chi connectivity index (χ0) is 12.0. The topological polar surface area (TPSA) is 29.5 Å². The lowest BCUT2D eigenvalue weighted by Crippen LogP contribution is -2.39. The number of hydrogen-bond acceptors (Lipinski definition) is 3. The predicted molar refractivity (Wildman–Crippen MR) is 65.3 cm³/mol. The molecular weight excluding hydrogens is 202 g/mol. The van der Waals surface area contributed by atoms with Crippen LogP contribution in [0, 0.1) is 0 Å². The van der Waals surface area contributed by atoms with Gasteiger partial charge in [0.05, 0.1) is 13.5 Å². The summed E-state index contributed by atoms with van der Waals surface area (Å²) < 4.78 is 4.65. The molecule has 0 aliphatic carbocycles. The van der Waals surface area contributed by atoms with Crippen molar-refractivity contribution in [2.24, 2.45) is 0 Å². The van der Waals surface area contributed by atoms with Crippen molar-refractivity contribution in [2.45, 2.75) is 45.1 Å². The summed E-state index contributed by atoms with van der Waals surface area (Å²) in [5.74, 6) is -0.177. The zero-order valence-electron chi connectivity index (χ0n) is 10.5. The summed E-state index contributed by atoms with van der Waals surface area (Å²) in [4.78, 5) is 13.6. The highest BCUT2D eigenvalue weighted by Crippen LogP contribution is 2.23. The summed E-state index contributed by atoms with van der Waals surface area (Å²) in [5, 5.41) is 0. The second-order valence-electron chi connectivity index (χ2n) is 4.49. The first-order chi connectivity index (χ1) is 7.67. The highest BCUT2D eigenvalue weighted by atomic mass is 16.5. The van der Waals surface area contributed by atoms with Crippen molar-refractivity contribution in [3.8, 4) is 0 Å². The van der Waals surface area contributed by atoms with Gasteiger partial charge in [-0.05, 0) is 32.4 Å². The van der Waals surface area contributed by atoms with Crippen LogP contribution in [0.4, 0.5) is 0 Å². The Morgan fingerprint density at radius 1 is 1.50 bits per heavy atom. The average Bonchev–Trinajstić information content (AvgIpc) is 2.29. The van der Waals surface area contributed by atoms with E-state index in [9.17, 15) is 4.79 Å². The molecule has 0 bridgehead atoms. The fourth-order valence-electron chi connectivity index (χ4n) is 2.39. The molecule has 0 spiro atoms. The number of methoxy groups -OCH3 is 1. The highest BCUT2D eigenvalue weighted by molar-refractivity contribution is 5.72. The molecule has 3 nitrogen and oxygen atoms in total. The second-order valence-corrected chi connectivity index (χ2v) is 4.49. The molecule has 1 rings (SSSR count). The number of carbonyl (C=O) groups excluding carboxylic acids is 1. The van der Waals surface area contributed by atoms with E-state index < -0.39 is 0 Å². The Balaban J connectivity index is 2.39. The second kappa shape index (κ2) is 6.69. The van der Waals surface area contributed by atoms with Crippen LogP contribution in [0.1, 0.15) is 39.0 Å². The molecular formula is C13H23NO2. The number of carbonyl (C=O) groups is 1. The van der Waals surface area contributed by atoms with E-state index >= 15 is 0 Å². The van der Waals surface area contributed by atoms with Gasteiger partial charge in [0, 0.05) is 6.04 Å². The summed E-state index contributed by atoms with van der Waals surface area (Å²) in [6.45, 7) is 8.45. The van der Waals surface area contributed by atoms with E-state index in [0.29, 0.717) is 12.5 Å². The van der Waals surface area contributed by atoms with Crippen LogP contribution >= 0.6 is 0 Å². The third-order valence-electron chi connectivity index (χ3n) is 3.30. The Morgan fingerprint density at radius 3 is 2.88 bits per heavy atom. The molecule has 1 heterocycles. The minimum absolute atomic E-state index is 0.177. The lowest BCUT2D eigenvalue weighted by atomic mass is 9.95. The van der Waals surface area contributed by atoms with Crippen molar-refractivity contribution < 1.29 is 9.53 Å². The molecule has 1 aliphatic heterocycles. The Labute approximate surface area is 98.5 Å². The molecule has 0 saturated carbocycles. The van der Waals surface area contributed by atoms with Crippen LogP contribution in [-0.2, 0) is 9.53 Å². The first kappa shape index (κ1) is 13.2. The smallest absolute Gasteiger partial charge is 0.309 e. The number of ether oxygens (including phenoxy) is 1. The SMILES string of the molecule is C=C(CC(=O)OC)CC1CCCCN1CC. The lowest BCUT2D eigenvalue weighted by molar-refractivity contribution is -0.139. The van der Waals surface area contributed by atoms with Gasteiger partial charge in [-0.3, -0.25) is 4.79 Å². The van der Waals surface area contributed by atoms with Crippen molar-refractivity contribution in [2.75, 3.05) is 20.2 Å². The molecule has 1 aliphatic rings. The molecule has 0 aromatic carbocycles. The minimum Gasteiger partial charge on any atom is -0.469 e. The Morgan fingerprint density at radius 2 is 2.25 bits per heavy atom. The first-order valence-electron chi connectivity index (χ1n) is 6.14. The summed E-state index contributed by atoms with van der Waals surface area (Å²) >= 11 is 0. The zero-order valence-corrected chi connectivity index (χ0v) is 10.5. The fraction of sp³-hybridized carbons (Fsp3) is 0.769. The third-order valence-corrected chi connectivity index (χ3v) is 3.30. The number of nitrogens with zero attached hydrogens (tertiary/aromatic N) is 1. The summed E-state index contributed by atoms with van der Waals surface area (Å²) in [6, 6.07) is 0.580. The normalized spacial score (nSPS) is 21.8. The molecule has 1 atom stereocenters. The van der Waals surface area contributed by atoms with Gasteiger partial charge in [-0.15, -0.1) is 0 Å². The van der Waals surface area contributed by atoms with Crippen molar-refractivity contribution in [3.05, 3.63) is 12.2 Å². The van der Waals surface area contributed by atoms with Crippen LogP contribution in [0.3, 0.4) is 0 Å². The van der Waals surface area contributed by atoms with Crippen molar-refractivity contribution >= 4 is 5.97 Å². The van der Waals surface area contributed by atoms with Crippen LogP contribution in [-0.4, -0.2) is 37.1 Å². The Kier molecular flexibility index (Phi) is 5.53. The third kappa shape index (κ3) is 3.97. The summed E-state index contributed by atoms with van der Waals surface area (Å²) in [5.41, 5.74) is 0.997. The number of esters is 1. The van der Waals surface area contributed by atoms with Gasteiger partial charge in [0.15, 0.2) is 0 Å². The molecule has 0 N–H and O–H groups in total. The predicted octanol–water partition coefficient (Wildman–Crippen LogP) is 2.37. The molecule has 0 amide bonds. The van der Waals surface area contributed by atoms with Gasteiger partial charge in [-0.25, -0.2) is 0 Å². The van der Waals surface area contributed by atoms with E-state index in [1.165, 1.54) is 32.9 Å². The summed E-state index contributed by atoms with van der Waals surface area (Å²) in [6.07, 6.45) is 5.13. The highest BCUT2D eigenvalue weighted by Gasteiger charge is 2.21. The molecule has 0 aromatic heterocycles. The van der Waals surface area contributed by atoms with E-state index in [4.69, 9.17) is 0 Å². The van der Waals surface area contributed by atoms with Gasteiger partial charge in [0.1, 0.15) is 0 Å². The van der Waals surface area contributed by atoms with Crippen LogP contribution < -0.4 is 0 Å². The molecule has 3 heteroatoms. The fourth-order valence-corrected chi connectivity index (χ4v) is 2.39. The Bertz CT molecular complexity index is 250. The van der Waals surface area contributed by atoms with Crippen LogP contribution in [0.5, 0.6) is 0 Å². The molecule has 0 aromatic rings. The van der Waals surface area contributed by atoms with Gasteiger partial charge < -0.3 is 9.64 Å². The maximum Gasteiger partial charge on any atom is 0.309 e. The molecule has 1 saturated heterocycles. The summed E-state index contributed by atoms with van der Waals surface area (Å²) in [7, 11) is 1.43. The monoisotopic (exact) mass is 225 g/mol. The van der Waals surface area contributed by atoms with Gasteiger partial charge >= 0.3 is 5.97 Å². The maximum absolute atomic E-state index is 11.1. The van der Waals surface area contributed by atoms with Crippen molar-refractivity contribution in [3.63, 3.8) is 0 Å². The van der Waals surface area contributed by atoms with Crippen LogP contribution in [0.25, 0.3) is 0 Å². The van der Waals surface area contributed by atoms with E-state index in [2.05, 4.69) is 23.1 Å². The van der Waals surface area contributed by atoms with Gasteiger partial charge in [0.25, 0.3) is 0 Å². The molecule has 92 valence electrons. The minimum atomic E-state index is -0.177. The number of likely N-dealkylation sites (tertiary alicyclic amines) is 1. The average molecular weight is 225 g/mol. The first-order valence-corrected chi connectivity index (χ1v) is 6.14.